The molecular weight excluding hydrogens is 845 g/mol. The summed E-state index contributed by atoms with van der Waals surface area (Å²) in [6.45, 7) is 9.76. The maximum Gasteiger partial charge on any atom is 0.310 e. The molecule has 17 nitrogen and oxygen atoms in total. The van der Waals surface area contributed by atoms with E-state index in [9.17, 15) is 9.59 Å². The lowest BCUT2D eigenvalue weighted by Crippen LogP contribution is -2.45. The molecule has 10 heterocycles. The summed E-state index contributed by atoms with van der Waals surface area (Å²) < 4.78 is 69.6. The van der Waals surface area contributed by atoms with Crippen molar-refractivity contribution in [3.63, 3.8) is 0 Å². The predicted octanol–water partition coefficient (Wildman–Crippen LogP) is 6.60. The number of carbonyl (C=O) groups excluding carboxylic acids is 2. The van der Waals surface area contributed by atoms with Crippen molar-refractivity contribution in [2.45, 2.75) is 107 Å². The highest BCUT2D eigenvalue weighted by atomic mass is 19.3. The Bertz CT molecular complexity index is 2960. The molecule has 4 bridgehead atoms. The largest absolute Gasteiger partial charge is 0.486 e. The summed E-state index contributed by atoms with van der Waals surface area (Å²) in [5, 5.41) is 5.80. The molecule has 2 N–H and O–H groups in total. The molecule has 4 saturated heterocycles. The normalized spacial score (nSPS) is 26.0. The minimum atomic E-state index is -3.33. The van der Waals surface area contributed by atoms with Crippen molar-refractivity contribution in [3.8, 4) is 23.4 Å². The summed E-state index contributed by atoms with van der Waals surface area (Å²) in [6.07, 6.45) is 10.9. The fourth-order valence-electron chi connectivity index (χ4n) is 10.6. The van der Waals surface area contributed by atoms with E-state index < -0.39 is 36.0 Å². The topological polar surface area (TPSA) is 187 Å². The van der Waals surface area contributed by atoms with Gasteiger partial charge in [0.25, 0.3) is 11.8 Å². The zero-order valence-electron chi connectivity index (χ0n) is 36.7. The van der Waals surface area contributed by atoms with Crippen molar-refractivity contribution in [3.05, 3.63) is 88.9 Å². The van der Waals surface area contributed by atoms with E-state index in [1.807, 2.05) is 26.2 Å². The van der Waals surface area contributed by atoms with Gasteiger partial charge in [0.05, 0.1) is 60.1 Å². The number of ether oxygens (including phenoxy) is 6. The Balaban J connectivity index is 0.918. The Labute approximate surface area is 371 Å². The SMILES string of the molecule is COc1ncccc1C(=O)Nc1cn2cc(C34COC(C)(C3)C4)nc2nc1OC(C)Cc1ccc2c(c1C(=O)Nc1cn3cc(C45COC(C)(C4)C5)nc3nc1OC(C)C)OCC2(F)F. The van der Waals surface area contributed by atoms with Crippen molar-refractivity contribution in [2.24, 2.45) is 0 Å². The van der Waals surface area contributed by atoms with E-state index >= 15 is 8.78 Å². The van der Waals surface area contributed by atoms with Crippen LogP contribution in [-0.2, 0) is 32.6 Å². The van der Waals surface area contributed by atoms with E-state index in [-0.39, 0.29) is 80.4 Å². The molecule has 1 atom stereocenters. The molecule has 2 aliphatic carbocycles. The summed E-state index contributed by atoms with van der Waals surface area (Å²) in [4.78, 5) is 51.7. The van der Waals surface area contributed by atoms with Crippen molar-refractivity contribution >= 4 is 34.7 Å². The first kappa shape index (κ1) is 41.2. The van der Waals surface area contributed by atoms with E-state index in [1.165, 1.54) is 25.4 Å². The number of nitrogens with zero attached hydrogens (tertiary/aromatic N) is 7. The zero-order chi connectivity index (χ0) is 45.3. The summed E-state index contributed by atoms with van der Waals surface area (Å²) in [5.74, 6) is -3.83. The molecular formula is C46H47F2N9O8. The van der Waals surface area contributed by atoms with Crippen LogP contribution in [0, 0.1) is 0 Å². The predicted molar refractivity (Wildman–Crippen MR) is 229 cm³/mol. The van der Waals surface area contributed by atoms with Gasteiger partial charge in [0.1, 0.15) is 28.8 Å². The van der Waals surface area contributed by atoms with Gasteiger partial charge in [0.15, 0.2) is 6.61 Å². The number of aromatic nitrogens is 7. The molecule has 6 aromatic rings. The van der Waals surface area contributed by atoms with E-state index in [0.717, 1.165) is 37.1 Å². The Morgan fingerprint density at radius 1 is 0.769 bits per heavy atom. The molecule has 2 saturated carbocycles. The molecule has 0 spiro atoms. The molecule has 5 aliphatic heterocycles. The number of hydrogen-bond acceptors (Lipinski definition) is 13. The average Bonchev–Trinajstić information content (AvgIpc) is 4.11. The van der Waals surface area contributed by atoms with Crippen molar-refractivity contribution in [1.82, 2.24) is 33.7 Å². The highest BCUT2D eigenvalue weighted by Crippen LogP contribution is 2.59. The second-order valence-electron chi connectivity index (χ2n) is 19.1. The Morgan fingerprint density at radius 2 is 1.35 bits per heavy atom. The van der Waals surface area contributed by atoms with Gasteiger partial charge in [-0.2, -0.15) is 18.7 Å². The molecule has 338 valence electrons. The van der Waals surface area contributed by atoms with Gasteiger partial charge < -0.3 is 39.1 Å². The minimum absolute atomic E-state index is 0.0287. The lowest BCUT2D eigenvalue weighted by molar-refractivity contribution is -0.0214. The van der Waals surface area contributed by atoms with Crippen LogP contribution in [0.5, 0.6) is 23.4 Å². The molecule has 65 heavy (non-hydrogen) atoms. The van der Waals surface area contributed by atoms with Gasteiger partial charge in [-0.1, -0.05) is 6.07 Å². The molecule has 5 aromatic heterocycles. The maximum absolute atomic E-state index is 15.3. The number of anilines is 2. The number of halogens is 2. The quantitative estimate of drug-likeness (QED) is 0.126. The van der Waals surface area contributed by atoms with Gasteiger partial charge in [-0.25, -0.2) is 15.0 Å². The van der Waals surface area contributed by atoms with Gasteiger partial charge in [-0.05, 0) is 84.1 Å². The first-order valence-electron chi connectivity index (χ1n) is 21.7. The lowest BCUT2D eigenvalue weighted by atomic mass is 9.62. The number of pyridine rings is 1. The second-order valence-corrected chi connectivity index (χ2v) is 19.1. The van der Waals surface area contributed by atoms with E-state index in [4.69, 9.17) is 43.4 Å². The molecule has 0 radical (unpaired) electrons. The summed E-state index contributed by atoms with van der Waals surface area (Å²) >= 11 is 0. The summed E-state index contributed by atoms with van der Waals surface area (Å²) in [5.41, 5.74) is 1.32. The molecule has 13 rings (SSSR count). The number of rotatable bonds is 13. The summed E-state index contributed by atoms with van der Waals surface area (Å²) in [7, 11) is 1.42. The smallest absolute Gasteiger partial charge is 0.310 e. The van der Waals surface area contributed by atoms with Crippen LogP contribution in [0.3, 0.4) is 0 Å². The fourth-order valence-corrected chi connectivity index (χ4v) is 10.6. The van der Waals surface area contributed by atoms with Crippen LogP contribution in [-0.4, -0.2) is 95.9 Å². The van der Waals surface area contributed by atoms with Crippen LogP contribution in [0.1, 0.15) is 104 Å². The van der Waals surface area contributed by atoms with E-state index in [1.54, 1.807) is 40.3 Å². The van der Waals surface area contributed by atoms with Gasteiger partial charge in [0.2, 0.25) is 29.2 Å². The zero-order valence-corrected chi connectivity index (χ0v) is 36.7. The number of amides is 2. The highest BCUT2D eigenvalue weighted by Gasteiger charge is 2.62. The third-order valence-corrected chi connectivity index (χ3v) is 13.3. The summed E-state index contributed by atoms with van der Waals surface area (Å²) in [6, 6.07) is 5.95. The van der Waals surface area contributed by atoms with E-state index in [0.29, 0.717) is 30.3 Å². The Kier molecular flexibility index (Phi) is 9.05. The molecule has 1 aromatic carbocycles. The second kappa shape index (κ2) is 14.3. The minimum Gasteiger partial charge on any atom is -0.486 e. The Hall–Kier alpha value is -6.47. The number of hydrogen-bond donors (Lipinski definition) is 2. The van der Waals surface area contributed by atoms with Crippen LogP contribution < -0.4 is 29.6 Å². The van der Waals surface area contributed by atoms with Crippen LogP contribution in [0.4, 0.5) is 20.2 Å². The van der Waals surface area contributed by atoms with Crippen LogP contribution >= 0.6 is 0 Å². The number of methoxy groups -OCH3 is 1. The van der Waals surface area contributed by atoms with Crippen LogP contribution in [0.2, 0.25) is 0 Å². The molecule has 2 amide bonds. The molecule has 19 heteroatoms. The monoisotopic (exact) mass is 891 g/mol. The van der Waals surface area contributed by atoms with Gasteiger partial charge in [0, 0.05) is 48.2 Å². The fraction of sp³-hybridized carbons (Fsp3) is 0.457. The average molecular weight is 892 g/mol. The first-order chi connectivity index (χ1) is 31.0. The number of nitrogens with one attached hydrogen (secondary N) is 2. The third-order valence-electron chi connectivity index (χ3n) is 13.3. The van der Waals surface area contributed by atoms with Gasteiger partial charge in [-0.15, -0.1) is 0 Å². The standard InChI is InChI=1S/C46H47F2N9O8/c1-24(2)64-38-29(13-56-15-31(52-40(56)54-38)44-17-42(4,18-44)62-21-44)51-36(59)33-26(9-10-28-34(33)61-23-46(28,47)48)12-25(3)65-39-30(50-35(58)27-8-7-11-49-37(27)60-6)14-57-16-32(53-41(57)55-39)45-19-43(5,20-45)63-22-45/h7-11,13-16,24-25H,12,17-23H2,1-6H3,(H,50,58)(H,51,59). The molecule has 1 unspecified atom stereocenters. The number of imidazole rings is 2. The number of carbonyl (C=O) groups is 2. The first-order valence-corrected chi connectivity index (χ1v) is 21.7. The van der Waals surface area contributed by atoms with Gasteiger partial charge >= 0.3 is 5.92 Å². The number of alkyl halides is 2. The number of fused-ring (bicyclic) bond motifs is 5. The van der Waals surface area contributed by atoms with E-state index in [2.05, 4.69) is 34.4 Å². The van der Waals surface area contributed by atoms with Crippen molar-refractivity contribution < 1.29 is 46.8 Å². The van der Waals surface area contributed by atoms with Crippen LogP contribution in [0.15, 0.2) is 55.2 Å². The molecule has 6 fully saturated rings. The van der Waals surface area contributed by atoms with Crippen molar-refractivity contribution in [1.29, 1.82) is 0 Å². The Morgan fingerprint density at radius 3 is 1.91 bits per heavy atom. The maximum atomic E-state index is 15.3. The highest BCUT2D eigenvalue weighted by molar-refractivity contribution is 6.08. The van der Waals surface area contributed by atoms with Gasteiger partial charge in [-0.3, -0.25) is 18.4 Å². The van der Waals surface area contributed by atoms with Crippen LogP contribution in [0.25, 0.3) is 11.6 Å². The number of benzene rings is 1. The third kappa shape index (κ3) is 6.80. The molecule has 7 aliphatic rings. The van der Waals surface area contributed by atoms with Crippen molar-refractivity contribution in [2.75, 3.05) is 37.6 Å². The lowest BCUT2D eigenvalue weighted by Gasteiger charge is -2.41.